The van der Waals surface area contributed by atoms with Gasteiger partial charge in [0.15, 0.2) is 0 Å². The molecule has 0 saturated carbocycles. The summed E-state index contributed by atoms with van der Waals surface area (Å²) in [4.78, 5) is 39.5. The Labute approximate surface area is 418 Å². The van der Waals surface area contributed by atoms with Crippen molar-refractivity contribution in [3.05, 3.63) is 81.7 Å². The predicted molar refractivity (Wildman–Crippen MR) is 241 cm³/mol. The van der Waals surface area contributed by atoms with Crippen LogP contribution in [0.25, 0.3) is 22.5 Å². The van der Waals surface area contributed by atoms with Crippen LogP contribution in [0.1, 0.15) is 111 Å². The van der Waals surface area contributed by atoms with E-state index in [0.717, 1.165) is 21.1 Å². The van der Waals surface area contributed by atoms with Crippen LogP contribution >= 0.6 is 0 Å². The maximum absolute atomic E-state index is 14.2. The maximum Gasteiger partial charge on any atom is 2.00 e. The molecule has 0 saturated heterocycles. The Morgan fingerprint density at radius 1 is 0.657 bits per heavy atom. The Morgan fingerprint density at radius 3 is 1.27 bits per heavy atom. The molecule has 0 bridgehead atoms. The van der Waals surface area contributed by atoms with Crippen molar-refractivity contribution in [1.29, 1.82) is 0 Å². The standard InChI is InChI=1S/2C22H28FN3O6S.Ca/c2*1-11(2)20-17-10-16(18(28)8-13(27)9-19(29)30)15-7-12(23)5-6-14(15)21(17)25-22(24-20)26(3)33(4,31)32;/h2*5-7,11,13,16,18,27-28H,8-10H2,1-4H3,(H,29,30);/q;;+2/p-2/t2*13-,16-,18+;/m11./s1. The molecule has 23 heteroatoms. The molecule has 2 aliphatic carbocycles. The van der Waals surface area contributed by atoms with Gasteiger partial charge in [-0.15, -0.1) is 0 Å². The minimum atomic E-state index is -3.63. The van der Waals surface area contributed by atoms with Gasteiger partial charge in [-0.2, -0.15) is 0 Å². The molecule has 360 valence electrons. The molecular formula is C44H54CaF2N6O12S2. The second kappa shape index (κ2) is 22.2. The van der Waals surface area contributed by atoms with Crippen molar-refractivity contribution in [3.63, 3.8) is 0 Å². The van der Waals surface area contributed by atoms with Gasteiger partial charge in [0.05, 0.1) is 59.7 Å². The van der Waals surface area contributed by atoms with E-state index in [0.29, 0.717) is 56.2 Å². The van der Waals surface area contributed by atoms with Crippen molar-refractivity contribution in [2.75, 3.05) is 35.2 Å². The summed E-state index contributed by atoms with van der Waals surface area (Å²) in [5, 5.41) is 63.3. The zero-order valence-corrected chi connectivity index (χ0v) is 42.2. The zero-order valence-electron chi connectivity index (χ0n) is 38.3. The van der Waals surface area contributed by atoms with Gasteiger partial charge >= 0.3 is 37.7 Å². The van der Waals surface area contributed by atoms with Gasteiger partial charge in [0.1, 0.15) is 11.6 Å². The molecule has 0 amide bonds. The third kappa shape index (κ3) is 13.2. The van der Waals surface area contributed by atoms with E-state index in [1.807, 2.05) is 27.7 Å². The number of sulfonamides is 2. The number of nitrogens with zero attached hydrogens (tertiary/aromatic N) is 6. The molecule has 0 aliphatic heterocycles. The molecular weight excluding hydrogens is 947 g/mol. The van der Waals surface area contributed by atoms with Crippen LogP contribution in [0, 0.1) is 11.6 Å². The number of hydrogen-bond acceptors (Lipinski definition) is 16. The summed E-state index contributed by atoms with van der Waals surface area (Å²) in [7, 11) is -4.56. The summed E-state index contributed by atoms with van der Waals surface area (Å²) < 4.78 is 78.6. The number of carboxylic acids is 2. The Hall–Kier alpha value is -4.00. The second-order valence-corrected chi connectivity index (χ2v) is 21.4. The molecule has 0 fully saturated rings. The first-order chi connectivity index (χ1) is 30.6. The van der Waals surface area contributed by atoms with E-state index in [1.54, 1.807) is 0 Å². The molecule has 0 spiro atoms. The van der Waals surface area contributed by atoms with Crippen molar-refractivity contribution >= 4 is 81.6 Å². The van der Waals surface area contributed by atoms with E-state index >= 15 is 0 Å². The summed E-state index contributed by atoms with van der Waals surface area (Å²) in [6.07, 6.45) is -4.23. The third-order valence-electron chi connectivity index (χ3n) is 11.7. The number of carbonyl (C=O) groups is 2. The predicted octanol–water partition coefficient (Wildman–Crippen LogP) is 1.01. The summed E-state index contributed by atoms with van der Waals surface area (Å²) in [6.45, 7) is 7.56. The number of hydrogen-bond donors (Lipinski definition) is 4. The number of carbonyl (C=O) groups excluding carboxylic acids is 2. The van der Waals surface area contributed by atoms with Gasteiger partial charge in [0, 0.05) is 85.8 Å². The van der Waals surface area contributed by atoms with Crippen molar-refractivity contribution in [2.45, 2.75) is 114 Å². The number of carboxylic acid groups (broad SMARTS) is 2. The molecule has 6 atom stereocenters. The van der Waals surface area contributed by atoms with Crippen LogP contribution in [0.5, 0.6) is 0 Å². The molecule has 4 N–H and O–H groups in total. The van der Waals surface area contributed by atoms with Crippen molar-refractivity contribution in [3.8, 4) is 22.5 Å². The smallest absolute Gasteiger partial charge is 0.550 e. The number of aromatic nitrogens is 4. The molecule has 2 aromatic carbocycles. The average Bonchev–Trinajstić information content (AvgIpc) is 3.20. The van der Waals surface area contributed by atoms with Crippen molar-refractivity contribution in [1.82, 2.24) is 19.9 Å². The van der Waals surface area contributed by atoms with Gasteiger partial charge in [-0.05, 0) is 72.2 Å². The molecule has 4 aromatic rings. The van der Waals surface area contributed by atoms with Gasteiger partial charge in [0.25, 0.3) is 0 Å². The Bertz CT molecular complexity index is 2530. The normalized spacial score (nSPS) is 17.0. The number of fused-ring (bicyclic) bond motifs is 6. The summed E-state index contributed by atoms with van der Waals surface area (Å²) in [5.74, 6) is -5.50. The number of benzene rings is 2. The van der Waals surface area contributed by atoms with E-state index in [9.17, 15) is 65.8 Å². The molecule has 0 unspecified atom stereocenters. The Morgan fingerprint density at radius 2 is 0.985 bits per heavy atom. The van der Waals surface area contributed by atoms with Crippen LogP contribution in [0.3, 0.4) is 0 Å². The average molecular weight is 1000 g/mol. The molecule has 2 aromatic heterocycles. The fourth-order valence-electron chi connectivity index (χ4n) is 8.26. The fourth-order valence-corrected chi connectivity index (χ4v) is 9.01. The molecule has 2 heterocycles. The largest absolute Gasteiger partial charge is 2.00 e. The first-order valence-electron chi connectivity index (χ1n) is 21.0. The van der Waals surface area contributed by atoms with Crippen molar-refractivity contribution < 1.29 is 65.8 Å². The number of rotatable bonds is 16. The summed E-state index contributed by atoms with van der Waals surface area (Å²) >= 11 is 0. The quantitative estimate of drug-likeness (QED) is 0.114. The van der Waals surface area contributed by atoms with E-state index in [4.69, 9.17) is 0 Å². The Kier molecular flexibility index (Phi) is 18.4. The minimum Gasteiger partial charge on any atom is -0.550 e. The van der Waals surface area contributed by atoms with Gasteiger partial charge in [-0.1, -0.05) is 27.7 Å². The van der Waals surface area contributed by atoms with E-state index in [1.165, 1.54) is 50.5 Å². The van der Waals surface area contributed by atoms with Crippen molar-refractivity contribution in [2.24, 2.45) is 0 Å². The molecule has 6 rings (SSSR count). The third-order valence-corrected chi connectivity index (χ3v) is 14.0. The van der Waals surface area contributed by atoms with Gasteiger partial charge in [0.2, 0.25) is 31.9 Å². The zero-order chi connectivity index (χ0) is 49.3. The van der Waals surface area contributed by atoms with Crippen LogP contribution < -0.4 is 18.8 Å². The number of halogens is 2. The molecule has 0 radical (unpaired) electrons. The number of aliphatic hydroxyl groups excluding tert-OH is 4. The van der Waals surface area contributed by atoms with E-state index in [-0.39, 0.29) is 87.2 Å². The van der Waals surface area contributed by atoms with Crippen LogP contribution in [0.2, 0.25) is 0 Å². The first-order valence-corrected chi connectivity index (χ1v) is 24.7. The van der Waals surface area contributed by atoms with Crippen LogP contribution in [0.4, 0.5) is 20.7 Å². The maximum atomic E-state index is 14.2. The van der Waals surface area contributed by atoms with Crippen LogP contribution in [-0.4, -0.2) is 158 Å². The van der Waals surface area contributed by atoms with Gasteiger partial charge < -0.3 is 40.2 Å². The summed E-state index contributed by atoms with van der Waals surface area (Å²) in [6, 6.07) is 8.07. The summed E-state index contributed by atoms with van der Waals surface area (Å²) in [5.41, 5.74) is 5.38. The first kappa shape index (κ1) is 55.6. The number of aliphatic carboxylic acids is 2. The number of aliphatic hydroxyl groups is 4. The van der Waals surface area contributed by atoms with Gasteiger partial charge in [-0.3, -0.25) is 0 Å². The molecule has 2 aliphatic rings. The topological polar surface area (TPSA) is 287 Å². The van der Waals surface area contributed by atoms with Crippen LogP contribution in [-0.2, 0) is 42.5 Å². The fraction of sp³-hybridized carbons (Fsp3) is 0.500. The Balaban J connectivity index is 0.000000288. The monoisotopic (exact) mass is 1000 g/mol. The van der Waals surface area contributed by atoms with Crippen LogP contribution in [0.15, 0.2) is 36.4 Å². The minimum absolute atomic E-state index is 0. The second-order valence-electron chi connectivity index (χ2n) is 17.4. The molecule has 67 heavy (non-hydrogen) atoms. The van der Waals surface area contributed by atoms with E-state index < -0.39 is 92.7 Å². The molecule has 18 nitrogen and oxygen atoms in total. The van der Waals surface area contributed by atoms with Gasteiger partial charge in [-0.25, -0.2) is 54.2 Å². The van der Waals surface area contributed by atoms with E-state index in [2.05, 4.69) is 19.9 Å². The SMILES string of the molecule is CC(C)c1nc(N(C)S(C)(=O)=O)nc2c1C[C@@H]([C@@H](O)C[C@@H](O)CC(=O)[O-])c1cc(F)ccc1-2.CC(C)c1nc(N(C)S(C)(=O)=O)nc2c1C[C@@H]([C@@H](O)C[C@@H](O)CC(=O)[O-])c1cc(F)ccc1-2.[Ca+2]. The number of anilines is 2.